The van der Waals surface area contributed by atoms with Gasteiger partial charge in [0, 0.05) is 0 Å². The van der Waals surface area contributed by atoms with Crippen molar-refractivity contribution in [1.82, 2.24) is 9.13 Å². The summed E-state index contributed by atoms with van der Waals surface area (Å²) in [5.74, 6) is 0. The average Bonchev–Trinajstić information content (AvgIpc) is 2.40. The summed E-state index contributed by atoms with van der Waals surface area (Å²) < 4.78 is 5.59. The summed E-state index contributed by atoms with van der Waals surface area (Å²) in [7, 11) is -0.0943. The maximum absolute atomic E-state index is 2.79. The smallest absolute Gasteiger partial charge is 0.0962 e. The molecule has 0 N–H and O–H groups in total. The Morgan fingerprint density at radius 2 is 1.06 bits per heavy atom. The maximum Gasteiger partial charge on any atom is 0.0962 e. The molecule has 0 bridgehead atoms. The van der Waals surface area contributed by atoms with E-state index in [1.165, 1.54) is 25.9 Å². The third kappa shape index (κ3) is 6.50. The highest BCUT2D eigenvalue weighted by Gasteiger charge is 2.18. The zero-order valence-electron chi connectivity index (χ0n) is 13.9. The van der Waals surface area contributed by atoms with Gasteiger partial charge in [-0.15, -0.1) is 0 Å². The predicted octanol–water partition coefficient (Wildman–Crippen LogP) is 2.16. The standard InChI is InChI=1S/C14H36N2Si2/c1-8-12(5)15(10-3)17-14(7)18-16(11-4)13(6)9-2/h12-14H,8-11,17-18H2,1-7H3. The Morgan fingerprint density at radius 1 is 0.722 bits per heavy atom. The van der Waals surface area contributed by atoms with E-state index in [1.807, 2.05) is 0 Å². The van der Waals surface area contributed by atoms with Crippen LogP contribution in [0.5, 0.6) is 0 Å². The van der Waals surface area contributed by atoms with Gasteiger partial charge >= 0.3 is 0 Å². The van der Waals surface area contributed by atoms with Crippen molar-refractivity contribution in [2.45, 2.75) is 78.6 Å². The summed E-state index contributed by atoms with van der Waals surface area (Å²) in [4.78, 5) is 0. The van der Waals surface area contributed by atoms with Gasteiger partial charge in [0.15, 0.2) is 0 Å². The third-order valence-electron chi connectivity index (χ3n) is 4.33. The highest BCUT2D eigenvalue weighted by Crippen LogP contribution is 2.12. The van der Waals surface area contributed by atoms with Crippen molar-refractivity contribution in [2.75, 3.05) is 13.1 Å². The molecule has 2 nitrogen and oxygen atoms in total. The van der Waals surface area contributed by atoms with Gasteiger partial charge in [-0.25, -0.2) is 0 Å². The number of nitrogens with zero attached hydrogens (tertiary/aromatic N) is 2. The van der Waals surface area contributed by atoms with E-state index < -0.39 is 0 Å². The fourth-order valence-corrected chi connectivity index (χ4v) is 8.42. The topological polar surface area (TPSA) is 6.48 Å². The van der Waals surface area contributed by atoms with Crippen molar-refractivity contribution in [1.29, 1.82) is 0 Å². The van der Waals surface area contributed by atoms with Gasteiger partial charge in [-0.2, -0.15) is 0 Å². The first kappa shape index (κ1) is 18.4. The molecule has 0 saturated carbocycles. The van der Waals surface area contributed by atoms with Crippen LogP contribution in [-0.2, 0) is 0 Å². The highest BCUT2D eigenvalue weighted by molar-refractivity contribution is 6.55. The molecule has 110 valence electrons. The van der Waals surface area contributed by atoms with Gasteiger partial charge in [-0.05, 0) is 43.2 Å². The summed E-state index contributed by atoms with van der Waals surface area (Å²) in [5, 5.41) is 1.04. The minimum absolute atomic E-state index is 0.0471. The molecule has 0 aromatic carbocycles. The zero-order chi connectivity index (χ0) is 14.1. The van der Waals surface area contributed by atoms with Gasteiger partial charge in [0.2, 0.25) is 0 Å². The van der Waals surface area contributed by atoms with Crippen LogP contribution in [-0.4, -0.2) is 53.7 Å². The number of rotatable bonds is 10. The fraction of sp³-hybridized carbons (Fsp3) is 1.00. The fourth-order valence-electron chi connectivity index (χ4n) is 2.62. The largest absolute Gasteiger partial charge is 0.327 e. The Balaban J connectivity index is 4.25. The molecule has 0 aliphatic heterocycles. The first-order valence-electron chi connectivity index (χ1n) is 7.97. The van der Waals surface area contributed by atoms with Crippen molar-refractivity contribution >= 4 is 19.4 Å². The molecule has 2 unspecified atom stereocenters. The lowest BCUT2D eigenvalue weighted by Crippen LogP contribution is -2.43. The zero-order valence-corrected chi connectivity index (χ0v) is 16.7. The minimum atomic E-state index is -0.0471. The third-order valence-corrected chi connectivity index (χ3v) is 10.2. The van der Waals surface area contributed by atoms with E-state index in [-0.39, 0.29) is 19.4 Å². The molecule has 0 aliphatic carbocycles. The highest BCUT2D eigenvalue weighted by atomic mass is 28.3. The van der Waals surface area contributed by atoms with Gasteiger partial charge < -0.3 is 9.13 Å². The van der Waals surface area contributed by atoms with Crippen molar-refractivity contribution in [3.63, 3.8) is 0 Å². The second-order valence-electron chi connectivity index (χ2n) is 5.79. The average molecular weight is 289 g/mol. The van der Waals surface area contributed by atoms with Gasteiger partial charge in [0.25, 0.3) is 0 Å². The minimum Gasteiger partial charge on any atom is -0.327 e. The molecular weight excluding hydrogens is 252 g/mol. The Labute approximate surface area is 120 Å². The molecule has 0 fully saturated rings. The molecule has 0 aromatic heterocycles. The Morgan fingerprint density at radius 3 is 1.28 bits per heavy atom. The van der Waals surface area contributed by atoms with Crippen LogP contribution in [0.1, 0.15) is 61.3 Å². The van der Waals surface area contributed by atoms with Gasteiger partial charge in [-0.1, -0.05) is 48.5 Å². The Kier molecular flexibility index (Phi) is 10.4. The van der Waals surface area contributed by atoms with Crippen LogP contribution in [0, 0.1) is 0 Å². The van der Waals surface area contributed by atoms with Crippen molar-refractivity contribution in [3.05, 3.63) is 0 Å². The first-order valence-corrected chi connectivity index (χ1v) is 10.9. The normalized spacial score (nSPS) is 18.5. The van der Waals surface area contributed by atoms with E-state index in [4.69, 9.17) is 0 Å². The van der Waals surface area contributed by atoms with Crippen LogP contribution in [0.25, 0.3) is 0 Å². The molecule has 0 rings (SSSR count). The van der Waals surface area contributed by atoms with E-state index in [9.17, 15) is 0 Å². The van der Waals surface area contributed by atoms with E-state index in [1.54, 1.807) is 0 Å². The molecular formula is C14H36N2Si2. The van der Waals surface area contributed by atoms with Crippen LogP contribution in [0.2, 0.25) is 5.16 Å². The molecule has 0 spiro atoms. The van der Waals surface area contributed by atoms with Gasteiger partial charge in [0.1, 0.15) is 0 Å². The number of hydrogen-bond donors (Lipinski definition) is 0. The SMILES string of the molecule is CCC(C)N(CC)[SiH2]C(C)[SiH2]N(CC)C(C)CC. The Hall–Kier alpha value is 0.354. The molecule has 2 atom stereocenters. The molecule has 0 radical (unpaired) electrons. The van der Waals surface area contributed by atoms with Crippen molar-refractivity contribution in [2.24, 2.45) is 0 Å². The first-order chi connectivity index (χ1) is 8.49. The molecule has 4 heteroatoms. The van der Waals surface area contributed by atoms with Crippen LogP contribution in [0.3, 0.4) is 0 Å². The monoisotopic (exact) mass is 288 g/mol. The van der Waals surface area contributed by atoms with E-state index in [2.05, 4.69) is 57.6 Å². The lowest BCUT2D eigenvalue weighted by molar-refractivity contribution is 0.346. The summed E-state index contributed by atoms with van der Waals surface area (Å²) in [6.45, 7) is 19.1. The summed E-state index contributed by atoms with van der Waals surface area (Å²) in [5.41, 5.74) is 0. The molecule has 0 amide bonds. The van der Waals surface area contributed by atoms with Crippen LogP contribution >= 0.6 is 0 Å². The van der Waals surface area contributed by atoms with Gasteiger partial charge in [0.05, 0.1) is 19.4 Å². The predicted molar refractivity (Wildman–Crippen MR) is 90.8 cm³/mol. The van der Waals surface area contributed by atoms with Crippen LogP contribution in [0.15, 0.2) is 0 Å². The van der Waals surface area contributed by atoms with Gasteiger partial charge in [-0.3, -0.25) is 0 Å². The maximum atomic E-state index is 2.79. The summed E-state index contributed by atoms with van der Waals surface area (Å²) in [6, 6.07) is 1.61. The van der Waals surface area contributed by atoms with E-state index in [0.29, 0.717) is 0 Å². The van der Waals surface area contributed by atoms with Crippen LogP contribution in [0.4, 0.5) is 0 Å². The quantitative estimate of drug-likeness (QED) is 0.569. The van der Waals surface area contributed by atoms with Crippen LogP contribution < -0.4 is 0 Å². The molecule has 0 heterocycles. The second-order valence-corrected chi connectivity index (χ2v) is 12.1. The molecule has 0 aliphatic rings. The van der Waals surface area contributed by atoms with Crippen molar-refractivity contribution in [3.8, 4) is 0 Å². The second kappa shape index (κ2) is 10.2. The lowest BCUT2D eigenvalue weighted by atomic mass is 10.3. The van der Waals surface area contributed by atoms with E-state index in [0.717, 1.165) is 17.2 Å². The molecule has 0 aromatic rings. The summed E-state index contributed by atoms with van der Waals surface area (Å²) in [6.07, 6.45) is 2.61. The van der Waals surface area contributed by atoms with Crippen molar-refractivity contribution < 1.29 is 0 Å². The molecule has 18 heavy (non-hydrogen) atoms. The summed E-state index contributed by atoms with van der Waals surface area (Å²) >= 11 is 0. The number of hydrogen-bond acceptors (Lipinski definition) is 2. The lowest BCUT2D eigenvalue weighted by Gasteiger charge is -2.33. The van der Waals surface area contributed by atoms with E-state index >= 15 is 0 Å². The molecule has 0 saturated heterocycles. The Bertz CT molecular complexity index is 182.